The van der Waals surface area contributed by atoms with E-state index in [4.69, 9.17) is 5.14 Å². The monoisotopic (exact) mass is 436 g/mol. The second-order valence-electron chi connectivity index (χ2n) is 5.47. The number of hydrogen-bond donors (Lipinski definition) is 3. The van der Waals surface area contributed by atoms with Crippen LogP contribution in [0.2, 0.25) is 0 Å². The Bertz CT molecular complexity index is 927. The summed E-state index contributed by atoms with van der Waals surface area (Å²) in [5, 5.41) is 11.0. The topological polar surface area (TPSA) is 106 Å². The molecule has 0 fully saturated rings. The first-order valence-electron chi connectivity index (χ1n) is 8.06. The molecule has 0 unspecified atom stereocenters. The number of ether oxygens (including phenoxy) is 1. The van der Waals surface area contributed by atoms with Gasteiger partial charge >= 0.3 is 6.36 Å². The Morgan fingerprint density at radius 1 is 1.21 bits per heavy atom. The van der Waals surface area contributed by atoms with Crippen LogP contribution in [0.5, 0.6) is 5.75 Å². The molecule has 4 N–H and O–H groups in total. The van der Waals surface area contributed by atoms with Gasteiger partial charge in [0.2, 0.25) is 10.0 Å². The summed E-state index contributed by atoms with van der Waals surface area (Å²) >= 11 is 1.02. The second-order valence-corrected chi connectivity index (χ2v) is 8.43. The van der Waals surface area contributed by atoms with Crippen LogP contribution in [-0.2, 0) is 23.1 Å². The minimum atomic E-state index is -4.79. The minimum absolute atomic E-state index is 0.0458. The summed E-state index contributed by atoms with van der Waals surface area (Å²) in [6, 6.07) is 8.77. The summed E-state index contributed by atoms with van der Waals surface area (Å²) in [6.07, 6.45) is -4.79. The Balaban J connectivity index is 2.08. The number of primary sulfonamides is 1. The summed E-state index contributed by atoms with van der Waals surface area (Å²) in [5.74, 6) is 0.0421. The van der Waals surface area contributed by atoms with Crippen molar-refractivity contribution in [2.75, 3.05) is 6.54 Å². The van der Waals surface area contributed by atoms with Crippen molar-refractivity contribution in [3.05, 3.63) is 46.8 Å². The zero-order chi connectivity index (χ0) is 20.8. The van der Waals surface area contributed by atoms with Crippen LogP contribution in [0.15, 0.2) is 45.6 Å². The highest BCUT2D eigenvalue weighted by atomic mass is 32.2. The lowest BCUT2D eigenvalue weighted by atomic mass is 10.2. The summed E-state index contributed by atoms with van der Waals surface area (Å²) in [5.41, 5.74) is 0.268. The van der Waals surface area contributed by atoms with Gasteiger partial charge in [-0.05, 0) is 25.1 Å². The van der Waals surface area contributed by atoms with E-state index in [0.717, 1.165) is 11.3 Å². The lowest BCUT2D eigenvalue weighted by molar-refractivity contribution is -0.274. The molecule has 7 nitrogen and oxygen atoms in total. The SMILES string of the molecule is CCNC(=NCc1ccccc1OC(F)(F)F)NCc1ccc(S(N)(=O)=O)s1. The fourth-order valence-electron chi connectivity index (χ4n) is 2.14. The quantitative estimate of drug-likeness (QED) is 0.457. The number of alkyl halides is 3. The van der Waals surface area contributed by atoms with Gasteiger partial charge < -0.3 is 15.4 Å². The highest BCUT2D eigenvalue weighted by Gasteiger charge is 2.31. The number of nitrogens with one attached hydrogen (secondary N) is 2. The number of rotatable bonds is 7. The molecule has 1 aromatic heterocycles. The van der Waals surface area contributed by atoms with E-state index in [0.29, 0.717) is 17.4 Å². The van der Waals surface area contributed by atoms with Gasteiger partial charge in [-0.25, -0.2) is 18.5 Å². The van der Waals surface area contributed by atoms with Crippen molar-refractivity contribution in [1.29, 1.82) is 0 Å². The third-order valence-corrected chi connectivity index (χ3v) is 5.82. The molecule has 1 aromatic carbocycles. The number of nitrogens with two attached hydrogens (primary N) is 1. The van der Waals surface area contributed by atoms with Crippen molar-refractivity contribution in [3.63, 3.8) is 0 Å². The molecule has 0 aliphatic rings. The number of guanidine groups is 1. The number of benzene rings is 1. The molecule has 1 heterocycles. The fraction of sp³-hybridized carbons (Fsp3) is 0.312. The third-order valence-electron chi connectivity index (χ3n) is 3.30. The van der Waals surface area contributed by atoms with Crippen LogP contribution < -0.4 is 20.5 Å². The molecule has 0 saturated carbocycles. The number of hydrogen-bond acceptors (Lipinski definition) is 5. The normalized spacial score (nSPS) is 12.7. The van der Waals surface area contributed by atoms with Crippen LogP contribution in [0, 0.1) is 0 Å². The maximum Gasteiger partial charge on any atom is 0.573 e. The highest BCUT2D eigenvalue weighted by molar-refractivity contribution is 7.91. The van der Waals surface area contributed by atoms with Crippen molar-refractivity contribution in [3.8, 4) is 5.75 Å². The molecule has 154 valence electrons. The summed E-state index contributed by atoms with van der Waals surface area (Å²) in [6.45, 7) is 2.59. The zero-order valence-corrected chi connectivity index (χ0v) is 16.4. The molecule has 0 atom stereocenters. The number of aliphatic imine (C=N–C) groups is 1. The number of nitrogens with zero attached hydrogens (tertiary/aromatic N) is 1. The minimum Gasteiger partial charge on any atom is -0.405 e. The van der Waals surface area contributed by atoms with Gasteiger partial charge in [0.25, 0.3) is 0 Å². The van der Waals surface area contributed by atoms with Gasteiger partial charge in [0.1, 0.15) is 9.96 Å². The van der Waals surface area contributed by atoms with Crippen molar-refractivity contribution < 1.29 is 26.3 Å². The smallest absolute Gasteiger partial charge is 0.405 e. The van der Waals surface area contributed by atoms with Gasteiger partial charge in [-0.1, -0.05) is 18.2 Å². The molecule has 2 aromatic rings. The Morgan fingerprint density at radius 3 is 2.54 bits per heavy atom. The van der Waals surface area contributed by atoms with Gasteiger partial charge in [0.15, 0.2) is 5.96 Å². The number of halogens is 3. The average molecular weight is 436 g/mol. The lowest BCUT2D eigenvalue weighted by Gasteiger charge is -2.13. The molecule has 12 heteroatoms. The second kappa shape index (κ2) is 9.26. The van der Waals surface area contributed by atoms with E-state index >= 15 is 0 Å². The van der Waals surface area contributed by atoms with Crippen molar-refractivity contribution in [1.82, 2.24) is 10.6 Å². The predicted molar refractivity (Wildman–Crippen MR) is 100 cm³/mol. The van der Waals surface area contributed by atoms with Crippen LogP contribution in [0.4, 0.5) is 13.2 Å². The van der Waals surface area contributed by atoms with E-state index in [2.05, 4.69) is 20.4 Å². The first-order chi connectivity index (χ1) is 13.1. The molecule has 0 aliphatic carbocycles. The van der Waals surface area contributed by atoms with Gasteiger partial charge in [0.05, 0.1) is 13.1 Å². The van der Waals surface area contributed by atoms with E-state index < -0.39 is 16.4 Å². The molecule has 0 spiro atoms. The van der Waals surface area contributed by atoms with Crippen molar-refractivity contribution >= 4 is 27.3 Å². The Kier molecular flexibility index (Phi) is 7.27. The Hall–Kier alpha value is -2.31. The zero-order valence-electron chi connectivity index (χ0n) is 14.8. The van der Waals surface area contributed by atoms with Crippen LogP contribution in [0.1, 0.15) is 17.4 Å². The molecule has 0 radical (unpaired) electrons. The number of sulfonamides is 1. The van der Waals surface area contributed by atoms with Crippen molar-refractivity contribution in [2.45, 2.75) is 30.6 Å². The van der Waals surface area contributed by atoms with Crippen molar-refractivity contribution in [2.24, 2.45) is 10.1 Å². The molecule has 0 bridgehead atoms. The van der Waals surface area contributed by atoms with E-state index in [1.165, 1.54) is 24.3 Å². The van der Waals surface area contributed by atoms with E-state index in [1.807, 2.05) is 6.92 Å². The highest BCUT2D eigenvalue weighted by Crippen LogP contribution is 2.26. The molecule has 2 rings (SSSR count). The number of thiophene rings is 1. The Morgan fingerprint density at radius 2 is 1.93 bits per heavy atom. The van der Waals surface area contributed by atoms with Crippen LogP contribution in [0.25, 0.3) is 0 Å². The van der Waals surface area contributed by atoms with Gasteiger partial charge in [-0.15, -0.1) is 24.5 Å². The van der Waals surface area contributed by atoms with Crippen LogP contribution in [-0.4, -0.2) is 27.3 Å². The predicted octanol–water partition coefficient (Wildman–Crippen LogP) is 2.55. The molecule has 0 saturated heterocycles. The average Bonchev–Trinajstić information content (AvgIpc) is 3.06. The first kappa shape index (κ1) is 22.0. The van der Waals surface area contributed by atoms with Crippen LogP contribution >= 0.6 is 11.3 Å². The van der Waals surface area contributed by atoms with Gasteiger partial charge in [-0.3, -0.25) is 0 Å². The van der Waals surface area contributed by atoms with E-state index in [9.17, 15) is 21.6 Å². The molecule has 28 heavy (non-hydrogen) atoms. The van der Waals surface area contributed by atoms with E-state index in [1.54, 1.807) is 12.1 Å². The maximum absolute atomic E-state index is 12.5. The summed E-state index contributed by atoms with van der Waals surface area (Å²) in [7, 11) is -3.76. The first-order valence-corrected chi connectivity index (χ1v) is 10.4. The third kappa shape index (κ3) is 7.02. The molecular formula is C16H19F3N4O3S2. The van der Waals surface area contributed by atoms with E-state index in [-0.39, 0.29) is 28.6 Å². The fourth-order valence-corrected chi connectivity index (χ4v) is 3.86. The van der Waals surface area contributed by atoms with Crippen LogP contribution in [0.3, 0.4) is 0 Å². The molecule has 0 amide bonds. The summed E-state index contributed by atoms with van der Waals surface area (Å²) < 4.78 is 64.2. The maximum atomic E-state index is 12.5. The lowest BCUT2D eigenvalue weighted by Crippen LogP contribution is -2.36. The molecule has 0 aliphatic heterocycles. The summed E-state index contributed by atoms with van der Waals surface area (Å²) in [4.78, 5) is 4.96. The largest absolute Gasteiger partial charge is 0.573 e. The molecular weight excluding hydrogens is 417 g/mol. The number of para-hydroxylation sites is 1. The van der Waals surface area contributed by atoms with Gasteiger partial charge in [0, 0.05) is 17.0 Å². The Labute approximate surface area is 164 Å². The standard InChI is InChI=1S/C16H19F3N4O3S2/c1-2-21-15(23-10-12-7-8-14(27-12)28(20,24)25)22-9-11-5-3-4-6-13(11)26-16(17,18)19/h3-8H,2,9-10H2,1H3,(H2,20,24,25)(H2,21,22,23). The van der Waals surface area contributed by atoms with Gasteiger partial charge in [-0.2, -0.15) is 0 Å².